The fourth-order valence-electron chi connectivity index (χ4n) is 1.40. The molecule has 0 heterocycles. The van der Waals surface area contributed by atoms with E-state index in [1.807, 2.05) is 12.1 Å². The standard InChI is InChI=1S/C13H17ClFN/c1-2-16-10-5-3-4-7-11-8-6-9-12(15)13(11)14/h3-4,6,8-9,16H,2,5,7,10H2,1H3/b4-3+. The lowest BCUT2D eigenvalue weighted by atomic mass is 10.1. The van der Waals surface area contributed by atoms with E-state index in [0.29, 0.717) is 6.42 Å². The van der Waals surface area contributed by atoms with Gasteiger partial charge in [0.1, 0.15) is 5.82 Å². The minimum absolute atomic E-state index is 0.235. The molecule has 1 aromatic carbocycles. The molecule has 0 saturated heterocycles. The van der Waals surface area contributed by atoms with Crippen molar-refractivity contribution >= 4 is 11.6 Å². The van der Waals surface area contributed by atoms with Gasteiger partial charge in [-0.1, -0.05) is 42.8 Å². The zero-order valence-electron chi connectivity index (χ0n) is 9.47. The number of hydrogen-bond donors (Lipinski definition) is 1. The molecule has 1 N–H and O–H groups in total. The normalized spacial score (nSPS) is 11.2. The first-order chi connectivity index (χ1) is 7.75. The predicted molar refractivity (Wildman–Crippen MR) is 67.4 cm³/mol. The molecule has 0 amide bonds. The summed E-state index contributed by atoms with van der Waals surface area (Å²) in [7, 11) is 0. The van der Waals surface area contributed by atoms with Gasteiger partial charge in [-0.3, -0.25) is 0 Å². The Balaban J connectivity index is 2.39. The Labute approximate surface area is 101 Å². The van der Waals surface area contributed by atoms with Crippen LogP contribution in [0.25, 0.3) is 0 Å². The smallest absolute Gasteiger partial charge is 0.142 e. The van der Waals surface area contributed by atoms with Crippen molar-refractivity contribution in [3.8, 4) is 0 Å². The van der Waals surface area contributed by atoms with Gasteiger partial charge in [0.2, 0.25) is 0 Å². The summed E-state index contributed by atoms with van der Waals surface area (Å²) < 4.78 is 13.1. The maximum atomic E-state index is 13.1. The molecule has 0 radical (unpaired) electrons. The molecule has 0 aliphatic carbocycles. The van der Waals surface area contributed by atoms with Crippen LogP contribution < -0.4 is 5.32 Å². The second-order valence-electron chi connectivity index (χ2n) is 3.53. The Morgan fingerprint density at radius 2 is 2.19 bits per heavy atom. The van der Waals surface area contributed by atoms with Crippen LogP contribution in [0.3, 0.4) is 0 Å². The lowest BCUT2D eigenvalue weighted by Gasteiger charge is -2.01. The van der Waals surface area contributed by atoms with Crippen LogP contribution in [0.1, 0.15) is 18.9 Å². The molecule has 0 atom stereocenters. The fourth-order valence-corrected chi connectivity index (χ4v) is 1.60. The Hall–Kier alpha value is -0.860. The minimum Gasteiger partial charge on any atom is -0.317 e. The molecule has 1 rings (SSSR count). The van der Waals surface area contributed by atoms with Crippen LogP contribution in [0.5, 0.6) is 0 Å². The molecule has 0 fully saturated rings. The minimum atomic E-state index is -0.347. The molecule has 0 unspecified atom stereocenters. The number of hydrogen-bond acceptors (Lipinski definition) is 1. The predicted octanol–water partition coefficient (Wildman–Crippen LogP) is 3.58. The highest BCUT2D eigenvalue weighted by Crippen LogP contribution is 2.20. The molecule has 0 spiro atoms. The highest BCUT2D eigenvalue weighted by molar-refractivity contribution is 6.31. The van der Waals surface area contributed by atoms with Gasteiger partial charge in [0.25, 0.3) is 0 Å². The molecule has 88 valence electrons. The molecule has 0 aliphatic heterocycles. The number of nitrogens with one attached hydrogen (secondary N) is 1. The maximum Gasteiger partial charge on any atom is 0.142 e. The molecule has 0 saturated carbocycles. The Morgan fingerprint density at radius 3 is 2.94 bits per heavy atom. The highest BCUT2D eigenvalue weighted by Gasteiger charge is 2.02. The van der Waals surface area contributed by atoms with Gasteiger partial charge in [0, 0.05) is 0 Å². The van der Waals surface area contributed by atoms with Gasteiger partial charge in [-0.2, -0.15) is 0 Å². The summed E-state index contributed by atoms with van der Waals surface area (Å²) in [6.45, 7) is 4.05. The first-order valence-electron chi connectivity index (χ1n) is 5.54. The van der Waals surface area contributed by atoms with Crippen LogP contribution in [0.15, 0.2) is 30.4 Å². The monoisotopic (exact) mass is 241 g/mol. The lowest BCUT2D eigenvalue weighted by Crippen LogP contribution is -2.12. The summed E-state index contributed by atoms with van der Waals surface area (Å²) in [5.41, 5.74) is 0.835. The van der Waals surface area contributed by atoms with E-state index in [1.165, 1.54) is 6.07 Å². The van der Waals surface area contributed by atoms with Crippen molar-refractivity contribution in [3.63, 3.8) is 0 Å². The second kappa shape index (κ2) is 7.42. The Bertz CT molecular complexity index is 350. The summed E-state index contributed by atoms with van der Waals surface area (Å²) in [6.07, 6.45) is 5.78. The molecular weight excluding hydrogens is 225 g/mol. The van der Waals surface area contributed by atoms with Gasteiger partial charge in [-0.05, 0) is 37.6 Å². The third-order valence-corrected chi connectivity index (χ3v) is 2.70. The van der Waals surface area contributed by atoms with Gasteiger partial charge in [0.05, 0.1) is 5.02 Å². The van der Waals surface area contributed by atoms with E-state index in [-0.39, 0.29) is 10.8 Å². The largest absolute Gasteiger partial charge is 0.317 e. The average Bonchev–Trinajstić information content (AvgIpc) is 2.29. The molecule has 0 bridgehead atoms. The summed E-state index contributed by atoms with van der Waals surface area (Å²) >= 11 is 5.83. The molecule has 3 heteroatoms. The van der Waals surface area contributed by atoms with Crippen molar-refractivity contribution in [1.82, 2.24) is 5.32 Å². The van der Waals surface area contributed by atoms with Crippen molar-refractivity contribution in [2.24, 2.45) is 0 Å². The molecule has 0 aliphatic rings. The van der Waals surface area contributed by atoms with Crippen LogP contribution >= 0.6 is 11.6 Å². The van der Waals surface area contributed by atoms with E-state index in [4.69, 9.17) is 11.6 Å². The molecule has 0 aromatic heterocycles. The van der Waals surface area contributed by atoms with Gasteiger partial charge in [-0.15, -0.1) is 0 Å². The topological polar surface area (TPSA) is 12.0 Å². The number of benzene rings is 1. The van der Waals surface area contributed by atoms with E-state index in [1.54, 1.807) is 6.07 Å². The SMILES string of the molecule is CCNCC/C=C/Cc1cccc(F)c1Cl. The Kier molecular flexibility index (Phi) is 6.12. The summed E-state index contributed by atoms with van der Waals surface area (Å²) in [6, 6.07) is 4.91. The molecule has 1 nitrogen and oxygen atoms in total. The van der Waals surface area contributed by atoms with E-state index >= 15 is 0 Å². The fraction of sp³-hybridized carbons (Fsp3) is 0.385. The van der Waals surface area contributed by atoms with E-state index < -0.39 is 0 Å². The van der Waals surface area contributed by atoms with Gasteiger partial charge in [0.15, 0.2) is 0 Å². The zero-order valence-corrected chi connectivity index (χ0v) is 10.2. The third-order valence-electron chi connectivity index (χ3n) is 2.27. The van der Waals surface area contributed by atoms with Gasteiger partial charge in [-0.25, -0.2) is 4.39 Å². The lowest BCUT2D eigenvalue weighted by molar-refractivity contribution is 0.626. The number of rotatable bonds is 6. The molecule has 16 heavy (non-hydrogen) atoms. The molecule has 1 aromatic rings. The number of allylic oxidation sites excluding steroid dienone is 1. The maximum absolute atomic E-state index is 13.1. The van der Waals surface area contributed by atoms with Crippen LogP contribution in [0.4, 0.5) is 4.39 Å². The quantitative estimate of drug-likeness (QED) is 0.593. The first kappa shape index (κ1) is 13.2. The summed E-state index contributed by atoms with van der Waals surface area (Å²) in [5.74, 6) is -0.347. The Morgan fingerprint density at radius 1 is 1.38 bits per heavy atom. The van der Waals surface area contributed by atoms with Crippen LogP contribution in [0.2, 0.25) is 5.02 Å². The van der Waals surface area contributed by atoms with Crippen molar-refractivity contribution in [1.29, 1.82) is 0 Å². The van der Waals surface area contributed by atoms with Crippen molar-refractivity contribution in [2.45, 2.75) is 19.8 Å². The summed E-state index contributed by atoms with van der Waals surface area (Å²) in [4.78, 5) is 0. The van der Waals surface area contributed by atoms with Crippen molar-refractivity contribution in [3.05, 3.63) is 46.8 Å². The summed E-state index contributed by atoms with van der Waals surface area (Å²) in [5, 5.41) is 3.47. The first-order valence-corrected chi connectivity index (χ1v) is 5.92. The van der Waals surface area contributed by atoms with Crippen molar-refractivity contribution < 1.29 is 4.39 Å². The van der Waals surface area contributed by atoms with Crippen LogP contribution in [-0.2, 0) is 6.42 Å². The second-order valence-corrected chi connectivity index (χ2v) is 3.91. The van der Waals surface area contributed by atoms with E-state index in [0.717, 1.165) is 25.1 Å². The average molecular weight is 242 g/mol. The molecular formula is C13H17ClFN. The van der Waals surface area contributed by atoms with E-state index in [2.05, 4.69) is 18.3 Å². The van der Waals surface area contributed by atoms with Crippen LogP contribution in [0, 0.1) is 5.82 Å². The highest BCUT2D eigenvalue weighted by atomic mass is 35.5. The van der Waals surface area contributed by atoms with Gasteiger partial charge < -0.3 is 5.32 Å². The van der Waals surface area contributed by atoms with Gasteiger partial charge >= 0.3 is 0 Å². The van der Waals surface area contributed by atoms with Crippen LogP contribution in [-0.4, -0.2) is 13.1 Å². The third kappa shape index (κ3) is 4.33. The zero-order chi connectivity index (χ0) is 11.8. The van der Waals surface area contributed by atoms with Crippen molar-refractivity contribution in [2.75, 3.05) is 13.1 Å². The number of halogens is 2. The van der Waals surface area contributed by atoms with E-state index in [9.17, 15) is 4.39 Å².